The van der Waals surface area contributed by atoms with Gasteiger partial charge in [-0.25, -0.2) is 9.98 Å². The minimum absolute atomic E-state index is 0.463. The molecule has 6 heteroatoms. The molecule has 0 fully saturated rings. The van der Waals surface area contributed by atoms with Crippen LogP contribution < -0.4 is 15.4 Å². The summed E-state index contributed by atoms with van der Waals surface area (Å²) in [4.78, 5) is 9.23. The maximum Gasteiger partial charge on any atom is 0.191 e. The van der Waals surface area contributed by atoms with Crippen molar-refractivity contribution < 1.29 is 4.74 Å². The van der Waals surface area contributed by atoms with Crippen LogP contribution in [0, 0.1) is 0 Å². The van der Waals surface area contributed by atoms with Crippen molar-refractivity contribution in [3.05, 3.63) is 46.4 Å². The Kier molecular flexibility index (Phi) is 8.25. The Balaban J connectivity index is 1.73. The number of thiazole rings is 1. The van der Waals surface area contributed by atoms with Crippen LogP contribution in [-0.4, -0.2) is 30.6 Å². The number of hydrogen-bond donors (Lipinski definition) is 2. The Hall–Kier alpha value is -2.08. The van der Waals surface area contributed by atoms with Crippen molar-refractivity contribution in [3.63, 3.8) is 0 Å². The van der Waals surface area contributed by atoms with Crippen molar-refractivity contribution in [3.8, 4) is 5.75 Å². The van der Waals surface area contributed by atoms with Gasteiger partial charge in [0.25, 0.3) is 0 Å². The fourth-order valence-corrected chi connectivity index (χ4v) is 3.02. The van der Waals surface area contributed by atoms with Gasteiger partial charge in [0.1, 0.15) is 10.8 Å². The van der Waals surface area contributed by atoms with Gasteiger partial charge in [0.15, 0.2) is 5.96 Å². The first kappa shape index (κ1) is 19.2. The topological polar surface area (TPSA) is 58.5 Å². The smallest absolute Gasteiger partial charge is 0.191 e. The Bertz CT molecular complexity index is 640. The van der Waals surface area contributed by atoms with Crippen molar-refractivity contribution in [1.82, 2.24) is 15.6 Å². The second-order valence-corrected chi connectivity index (χ2v) is 6.90. The molecule has 0 amide bonds. The molecule has 0 spiro atoms. The SMILES string of the molecule is CCNC(=NCc1nc(C(C)C)cs1)NCCCOc1ccccc1. The maximum atomic E-state index is 5.69. The average Bonchev–Trinajstić information content (AvgIpc) is 3.09. The number of aromatic nitrogens is 1. The zero-order valence-electron chi connectivity index (χ0n) is 15.3. The van der Waals surface area contributed by atoms with Crippen molar-refractivity contribution in [2.45, 2.75) is 39.7 Å². The van der Waals surface area contributed by atoms with Crippen LogP contribution in [0.15, 0.2) is 40.7 Å². The van der Waals surface area contributed by atoms with E-state index < -0.39 is 0 Å². The highest BCUT2D eigenvalue weighted by Crippen LogP contribution is 2.18. The lowest BCUT2D eigenvalue weighted by Crippen LogP contribution is -2.38. The average molecular weight is 361 g/mol. The van der Waals surface area contributed by atoms with Crippen molar-refractivity contribution in [2.75, 3.05) is 19.7 Å². The number of nitrogens with zero attached hydrogens (tertiary/aromatic N) is 2. The van der Waals surface area contributed by atoms with Crippen LogP contribution in [0.1, 0.15) is 43.8 Å². The Morgan fingerprint density at radius 3 is 2.72 bits per heavy atom. The molecule has 0 unspecified atom stereocenters. The standard InChI is InChI=1S/C19H28N4OS/c1-4-20-19(22-13-18-23-17(14-25-18)15(2)3)21-11-8-12-24-16-9-6-5-7-10-16/h5-7,9-10,14-15H,4,8,11-13H2,1-3H3,(H2,20,21,22). The zero-order chi connectivity index (χ0) is 17.9. The monoisotopic (exact) mass is 360 g/mol. The van der Waals surface area contributed by atoms with Gasteiger partial charge in [-0.3, -0.25) is 0 Å². The summed E-state index contributed by atoms with van der Waals surface area (Å²) in [6.45, 7) is 9.32. The molecule has 2 aromatic rings. The van der Waals surface area contributed by atoms with E-state index in [-0.39, 0.29) is 0 Å². The van der Waals surface area contributed by atoms with E-state index in [1.807, 2.05) is 30.3 Å². The summed E-state index contributed by atoms with van der Waals surface area (Å²) in [5.74, 6) is 2.20. The molecule has 0 atom stereocenters. The molecule has 5 nitrogen and oxygen atoms in total. The van der Waals surface area contributed by atoms with Gasteiger partial charge in [0.05, 0.1) is 18.8 Å². The van der Waals surface area contributed by atoms with Gasteiger partial charge in [-0.15, -0.1) is 11.3 Å². The fraction of sp³-hybridized carbons (Fsp3) is 0.474. The largest absolute Gasteiger partial charge is 0.494 e. The van der Waals surface area contributed by atoms with Crippen molar-refractivity contribution >= 4 is 17.3 Å². The van der Waals surface area contributed by atoms with Crippen LogP contribution in [0.3, 0.4) is 0 Å². The lowest BCUT2D eigenvalue weighted by atomic mass is 10.2. The van der Waals surface area contributed by atoms with Crippen molar-refractivity contribution in [1.29, 1.82) is 0 Å². The maximum absolute atomic E-state index is 5.69. The third kappa shape index (κ3) is 7.13. The second-order valence-electron chi connectivity index (χ2n) is 5.96. The minimum atomic E-state index is 0.463. The molecule has 0 saturated heterocycles. The molecule has 0 aliphatic heterocycles. The number of benzene rings is 1. The zero-order valence-corrected chi connectivity index (χ0v) is 16.1. The Labute approximate surface area is 154 Å². The third-order valence-electron chi connectivity index (χ3n) is 3.50. The molecular formula is C19H28N4OS. The van der Waals surface area contributed by atoms with Crippen LogP contribution in [0.5, 0.6) is 5.75 Å². The van der Waals surface area contributed by atoms with E-state index >= 15 is 0 Å². The summed E-state index contributed by atoms with van der Waals surface area (Å²) in [5.41, 5.74) is 1.14. The lowest BCUT2D eigenvalue weighted by Gasteiger charge is -2.11. The predicted molar refractivity (Wildman–Crippen MR) is 106 cm³/mol. The molecular weight excluding hydrogens is 332 g/mol. The molecule has 136 valence electrons. The number of ether oxygens (including phenoxy) is 1. The van der Waals surface area contributed by atoms with Gasteiger partial charge in [-0.05, 0) is 31.4 Å². The molecule has 0 bridgehead atoms. The van der Waals surface area contributed by atoms with Crippen LogP contribution in [0.25, 0.3) is 0 Å². The van der Waals surface area contributed by atoms with Crippen LogP contribution in [0.2, 0.25) is 0 Å². The van der Waals surface area contributed by atoms with Gasteiger partial charge >= 0.3 is 0 Å². The summed E-state index contributed by atoms with van der Waals surface area (Å²) in [7, 11) is 0. The number of rotatable bonds is 9. The Morgan fingerprint density at radius 2 is 2.04 bits per heavy atom. The molecule has 1 aromatic heterocycles. The summed E-state index contributed by atoms with van der Waals surface area (Å²) in [6.07, 6.45) is 0.911. The first-order chi connectivity index (χ1) is 12.2. The third-order valence-corrected chi connectivity index (χ3v) is 4.35. The molecule has 2 N–H and O–H groups in total. The predicted octanol–water partition coefficient (Wildman–Crippen LogP) is 3.79. The van der Waals surface area contributed by atoms with E-state index in [4.69, 9.17) is 4.74 Å². The molecule has 0 aliphatic rings. The molecule has 0 aliphatic carbocycles. The molecule has 25 heavy (non-hydrogen) atoms. The highest BCUT2D eigenvalue weighted by Gasteiger charge is 2.05. The van der Waals surface area contributed by atoms with Crippen LogP contribution in [0.4, 0.5) is 0 Å². The summed E-state index contributed by atoms with van der Waals surface area (Å²) in [6, 6.07) is 9.89. The number of para-hydroxylation sites is 1. The number of nitrogens with one attached hydrogen (secondary N) is 2. The summed E-state index contributed by atoms with van der Waals surface area (Å²) < 4.78 is 5.69. The number of hydrogen-bond acceptors (Lipinski definition) is 4. The van der Waals surface area contributed by atoms with E-state index in [1.54, 1.807) is 11.3 Å². The second kappa shape index (κ2) is 10.7. The summed E-state index contributed by atoms with van der Waals surface area (Å²) >= 11 is 1.67. The molecule has 0 radical (unpaired) electrons. The molecule has 2 rings (SSSR count). The summed E-state index contributed by atoms with van der Waals surface area (Å²) in [5, 5.41) is 9.78. The lowest BCUT2D eigenvalue weighted by molar-refractivity contribution is 0.311. The van der Waals surface area contributed by atoms with Gasteiger partial charge in [-0.1, -0.05) is 32.0 Å². The number of aliphatic imine (C=N–C) groups is 1. The van der Waals surface area contributed by atoms with Gasteiger partial charge in [0, 0.05) is 18.5 Å². The van der Waals surface area contributed by atoms with E-state index in [0.717, 1.165) is 41.9 Å². The first-order valence-corrected chi connectivity index (χ1v) is 9.71. The highest BCUT2D eigenvalue weighted by molar-refractivity contribution is 7.09. The normalized spacial score (nSPS) is 11.6. The van der Waals surface area contributed by atoms with E-state index in [9.17, 15) is 0 Å². The quantitative estimate of drug-likeness (QED) is 0.406. The van der Waals surface area contributed by atoms with E-state index in [0.29, 0.717) is 19.1 Å². The minimum Gasteiger partial charge on any atom is -0.494 e. The van der Waals surface area contributed by atoms with Gasteiger partial charge < -0.3 is 15.4 Å². The van der Waals surface area contributed by atoms with Crippen LogP contribution >= 0.6 is 11.3 Å². The van der Waals surface area contributed by atoms with Crippen molar-refractivity contribution in [2.24, 2.45) is 4.99 Å². The molecule has 1 aromatic carbocycles. The van der Waals surface area contributed by atoms with Gasteiger partial charge in [0.2, 0.25) is 0 Å². The van der Waals surface area contributed by atoms with E-state index in [2.05, 4.69) is 46.8 Å². The fourth-order valence-electron chi connectivity index (χ4n) is 2.14. The molecule has 0 saturated carbocycles. The van der Waals surface area contributed by atoms with Crippen LogP contribution in [-0.2, 0) is 6.54 Å². The highest BCUT2D eigenvalue weighted by atomic mass is 32.1. The Morgan fingerprint density at radius 1 is 1.24 bits per heavy atom. The van der Waals surface area contributed by atoms with E-state index in [1.165, 1.54) is 0 Å². The van der Waals surface area contributed by atoms with Gasteiger partial charge in [-0.2, -0.15) is 0 Å². The number of guanidine groups is 1. The first-order valence-electron chi connectivity index (χ1n) is 8.83. The molecule has 1 heterocycles.